The van der Waals surface area contributed by atoms with Gasteiger partial charge in [0.25, 0.3) is 0 Å². The van der Waals surface area contributed by atoms with Crippen LogP contribution in [0.2, 0.25) is 0 Å². The number of nitrogens with two attached hydrogens (primary N) is 1. The Morgan fingerprint density at radius 2 is 2.20 bits per heavy atom. The topological polar surface area (TPSA) is 75.9 Å². The molecule has 0 aliphatic carbocycles. The molecule has 0 radical (unpaired) electrons. The summed E-state index contributed by atoms with van der Waals surface area (Å²) in [6.45, 7) is 1.86. The summed E-state index contributed by atoms with van der Waals surface area (Å²) < 4.78 is 5.12. The van der Waals surface area contributed by atoms with E-state index in [1.807, 2.05) is 31.2 Å². The van der Waals surface area contributed by atoms with Crippen LogP contribution in [-0.2, 0) is 0 Å². The first-order valence-corrected chi connectivity index (χ1v) is 4.55. The molecule has 76 valence electrons. The van der Waals surface area contributed by atoms with E-state index in [2.05, 4.69) is 5.16 Å². The molecule has 0 aliphatic rings. The van der Waals surface area contributed by atoms with E-state index in [0.29, 0.717) is 11.3 Å². The number of hydrogen-bond acceptors (Lipinski definition) is 3. The zero-order valence-corrected chi connectivity index (χ0v) is 8.32. The third kappa shape index (κ3) is 1.88. The first kappa shape index (κ1) is 9.45. The highest BCUT2D eigenvalue weighted by Gasteiger charge is 2.05. The van der Waals surface area contributed by atoms with Gasteiger partial charge in [-0.15, -0.1) is 0 Å². The summed E-state index contributed by atoms with van der Waals surface area (Å²) in [6, 6.07) is 9.17. The lowest BCUT2D eigenvalue weighted by Crippen LogP contribution is -2.10. The maximum Gasteiger partial charge on any atom is 0.167 e. The average Bonchev–Trinajstić information content (AvgIpc) is 2.65. The molecule has 0 spiro atoms. The number of nitrogens with one attached hydrogen (secondary N) is 1. The van der Waals surface area contributed by atoms with Crippen molar-refractivity contribution in [2.75, 3.05) is 0 Å². The molecular weight excluding hydrogens is 190 g/mol. The lowest BCUT2D eigenvalue weighted by atomic mass is 10.1. The summed E-state index contributed by atoms with van der Waals surface area (Å²) in [5.74, 6) is 0.740. The van der Waals surface area contributed by atoms with Gasteiger partial charge in [-0.25, -0.2) is 0 Å². The van der Waals surface area contributed by atoms with Crippen LogP contribution in [0.15, 0.2) is 34.9 Å². The number of hydrogen-bond donors (Lipinski definition) is 2. The van der Waals surface area contributed by atoms with Crippen LogP contribution >= 0.6 is 0 Å². The second kappa shape index (κ2) is 3.57. The van der Waals surface area contributed by atoms with E-state index in [1.165, 1.54) is 0 Å². The molecule has 0 atom stereocenters. The van der Waals surface area contributed by atoms with E-state index in [1.54, 1.807) is 6.07 Å². The van der Waals surface area contributed by atoms with Gasteiger partial charge in [0.15, 0.2) is 5.76 Å². The molecule has 15 heavy (non-hydrogen) atoms. The van der Waals surface area contributed by atoms with Crippen LogP contribution in [0, 0.1) is 12.3 Å². The molecule has 0 saturated carbocycles. The standard InChI is InChI=1S/C11H11N3O/c1-7-5-10(15-14-7)8-3-2-4-9(6-8)11(12)13/h2-6H,1H3,(H3,12,13). The Balaban J connectivity index is 2.45. The molecule has 1 aromatic carbocycles. The normalized spacial score (nSPS) is 10.2. The molecule has 1 heterocycles. The van der Waals surface area contributed by atoms with Crippen molar-refractivity contribution < 1.29 is 4.52 Å². The first-order chi connectivity index (χ1) is 7.16. The van der Waals surface area contributed by atoms with Crippen LogP contribution in [0.4, 0.5) is 0 Å². The Hall–Kier alpha value is -2.10. The van der Waals surface area contributed by atoms with Crippen molar-refractivity contribution in [2.45, 2.75) is 6.92 Å². The van der Waals surface area contributed by atoms with Gasteiger partial charge in [0.2, 0.25) is 0 Å². The molecule has 4 heteroatoms. The molecule has 2 rings (SSSR count). The van der Waals surface area contributed by atoms with Crippen molar-refractivity contribution in [1.82, 2.24) is 5.16 Å². The third-order valence-corrected chi connectivity index (χ3v) is 2.09. The van der Waals surface area contributed by atoms with Crippen molar-refractivity contribution in [3.63, 3.8) is 0 Å². The quantitative estimate of drug-likeness (QED) is 0.575. The van der Waals surface area contributed by atoms with Gasteiger partial charge in [-0.05, 0) is 13.0 Å². The van der Waals surface area contributed by atoms with Crippen LogP contribution in [0.1, 0.15) is 11.3 Å². The van der Waals surface area contributed by atoms with E-state index in [0.717, 1.165) is 11.3 Å². The highest BCUT2D eigenvalue weighted by molar-refractivity contribution is 5.95. The number of rotatable bonds is 2. The second-order valence-electron chi connectivity index (χ2n) is 3.33. The van der Waals surface area contributed by atoms with Crippen LogP contribution in [0.25, 0.3) is 11.3 Å². The smallest absolute Gasteiger partial charge is 0.167 e. The van der Waals surface area contributed by atoms with E-state index >= 15 is 0 Å². The number of aryl methyl sites for hydroxylation is 1. The van der Waals surface area contributed by atoms with Gasteiger partial charge in [-0.2, -0.15) is 0 Å². The largest absolute Gasteiger partial charge is 0.384 e. The van der Waals surface area contributed by atoms with Gasteiger partial charge in [0, 0.05) is 17.2 Å². The van der Waals surface area contributed by atoms with E-state index in [4.69, 9.17) is 15.7 Å². The lowest BCUT2D eigenvalue weighted by Gasteiger charge is -1.99. The van der Waals surface area contributed by atoms with Gasteiger partial charge in [0.05, 0.1) is 5.69 Å². The predicted molar refractivity (Wildman–Crippen MR) is 57.7 cm³/mol. The fourth-order valence-electron chi connectivity index (χ4n) is 1.34. The molecule has 0 unspecified atom stereocenters. The van der Waals surface area contributed by atoms with Gasteiger partial charge in [0.1, 0.15) is 5.84 Å². The summed E-state index contributed by atoms with van der Waals surface area (Å²) in [7, 11) is 0. The van der Waals surface area contributed by atoms with Crippen LogP contribution in [-0.4, -0.2) is 11.0 Å². The maximum absolute atomic E-state index is 7.33. The molecule has 2 aromatic rings. The number of amidine groups is 1. The van der Waals surface area contributed by atoms with Crippen LogP contribution < -0.4 is 5.73 Å². The number of nitrogen functional groups attached to an aromatic ring is 1. The Kier molecular flexibility index (Phi) is 2.25. The Morgan fingerprint density at radius 1 is 1.40 bits per heavy atom. The van der Waals surface area contributed by atoms with Crippen molar-refractivity contribution in [3.8, 4) is 11.3 Å². The number of nitrogens with zero attached hydrogens (tertiary/aromatic N) is 1. The summed E-state index contributed by atoms with van der Waals surface area (Å²) in [4.78, 5) is 0. The molecule has 0 amide bonds. The molecule has 4 nitrogen and oxygen atoms in total. The van der Waals surface area contributed by atoms with Gasteiger partial charge in [-0.3, -0.25) is 5.41 Å². The highest BCUT2D eigenvalue weighted by atomic mass is 16.5. The molecule has 3 N–H and O–H groups in total. The maximum atomic E-state index is 7.33. The number of aromatic nitrogens is 1. The highest BCUT2D eigenvalue weighted by Crippen LogP contribution is 2.20. The summed E-state index contributed by atoms with van der Waals surface area (Å²) in [5.41, 5.74) is 7.79. The van der Waals surface area contributed by atoms with Crippen molar-refractivity contribution in [3.05, 3.63) is 41.6 Å². The van der Waals surface area contributed by atoms with Gasteiger partial charge < -0.3 is 10.3 Å². The summed E-state index contributed by atoms with van der Waals surface area (Å²) in [5, 5.41) is 11.1. The Bertz CT molecular complexity index is 502. The Morgan fingerprint density at radius 3 is 2.80 bits per heavy atom. The first-order valence-electron chi connectivity index (χ1n) is 4.55. The number of benzene rings is 1. The summed E-state index contributed by atoms with van der Waals surface area (Å²) >= 11 is 0. The van der Waals surface area contributed by atoms with Gasteiger partial charge in [-0.1, -0.05) is 23.4 Å². The second-order valence-corrected chi connectivity index (χ2v) is 3.33. The fraction of sp³-hybridized carbons (Fsp3) is 0.0909. The molecule has 0 aliphatic heterocycles. The van der Waals surface area contributed by atoms with Crippen molar-refractivity contribution >= 4 is 5.84 Å². The van der Waals surface area contributed by atoms with E-state index in [9.17, 15) is 0 Å². The SMILES string of the molecule is Cc1cc(-c2cccc(C(=N)N)c2)on1. The van der Waals surface area contributed by atoms with Crippen molar-refractivity contribution in [1.29, 1.82) is 5.41 Å². The predicted octanol–water partition coefficient (Wildman–Crippen LogP) is 1.93. The van der Waals surface area contributed by atoms with E-state index < -0.39 is 0 Å². The molecular formula is C11H11N3O. The van der Waals surface area contributed by atoms with Crippen molar-refractivity contribution in [2.24, 2.45) is 5.73 Å². The molecule has 0 saturated heterocycles. The minimum Gasteiger partial charge on any atom is -0.384 e. The summed E-state index contributed by atoms with van der Waals surface area (Å²) in [6.07, 6.45) is 0. The van der Waals surface area contributed by atoms with Crippen LogP contribution in [0.5, 0.6) is 0 Å². The van der Waals surface area contributed by atoms with E-state index in [-0.39, 0.29) is 5.84 Å². The average molecular weight is 201 g/mol. The molecule has 1 aromatic heterocycles. The third-order valence-electron chi connectivity index (χ3n) is 2.09. The minimum absolute atomic E-state index is 0.0492. The van der Waals surface area contributed by atoms with Crippen LogP contribution in [0.3, 0.4) is 0 Å². The zero-order valence-electron chi connectivity index (χ0n) is 8.32. The fourth-order valence-corrected chi connectivity index (χ4v) is 1.34. The Labute approximate surface area is 87.2 Å². The molecule has 0 bridgehead atoms. The monoisotopic (exact) mass is 201 g/mol. The minimum atomic E-state index is 0.0492. The van der Waals surface area contributed by atoms with Gasteiger partial charge >= 0.3 is 0 Å². The molecule has 0 fully saturated rings. The zero-order chi connectivity index (χ0) is 10.8. The lowest BCUT2D eigenvalue weighted by molar-refractivity contribution is 0.427.